The number of nitrogens with one attached hydrogen (secondary N) is 1. The number of likely N-dealkylation sites (tertiary alicyclic amines) is 1. The fourth-order valence-electron chi connectivity index (χ4n) is 1.78. The predicted molar refractivity (Wildman–Crippen MR) is 57.0 cm³/mol. The summed E-state index contributed by atoms with van der Waals surface area (Å²) in [7, 11) is 1.95. The number of hydrogen-bond donors (Lipinski definition) is 1. The van der Waals surface area contributed by atoms with Gasteiger partial charge < -0.3 is 5.32 Å². The summed E-state index contributed by atoms with van der Waals surface area (Å²) in [6.07, 6.45) is 1.73. The van der Waals surface area contributed by atoms with E-state index in [1.807, 2.05) is 25.2 Å². The largest absolute Gasteiger partial charge is 0.315 e. The first kappa shape index (κ1) is 10.1. The predicted octanol–water partition coefficient (Wildman–Crippen LogP) is 0.550. The lowest BCUT2D eigenvalue weighted by Gasteiger charge is -2.41. The van der Waals surface area contributed by atoms with Crippen molar-refractivity contribution < 1.29 is 0 Å². The maximum absolute atomic E-state index is 9.12. The molecule has 0 aromatic carbocycles. The molecule has 0 unspecified atom stereocenters. The molecule has 1 aliphatic rings. The number of likely N-dealkylation sites (N-methyl/N-ethyl adjacent to an activating group) is 1. The third kappa shape index (κ3) is 1.99. The highest BCUT2D eigenvalue weighted by atomic mass is 15.3. The van der Waals surface area contributed by atoms with Gasteiger partial charge in [0.15, 0.2) is 0 Å². The van der Waals surface area contributed by atoms with Crippen molar-refractivity contribution in [3.63, 3.8) is 0 Å². The Morgan fingerprint density at radius 2 is 2.40 bits per heavy atom. The molecule has 4 nitrogen and oxygen atoms in total. The molecule has 4 heteroatoms. The standard InChI is InChI=1S/C11H14N4/c1-13-9-7-15(8-9)11(6-12)10-4-2-3-5-14-10/h2-5,9,11,13H,7-8H2,1H3/t11-/m0/s1. The normalized spacial score (nSPS) is 19.2. The minimum atomic E-state index is -0.198. The SMILES string of the molecule is CNC1CN([C@@H](C#N)c2ccccn2)C1. The molecule has 0 saturated carbocycles. The van der Waals surface area contributed by atoms with Gasteiger partial charge in [-0.3, -0.25) is 9.88 Å². The number of nitrogens with zero attached hydrogens (tertiary/aromatic N) is 3. The molecule has 0 bridgehead atoms. The van der Waals surface area contributed by atoms with E-state index in [2.05, 4.69) is 21.3 Å². The van der Waals surface area contributed by atoms with Gasteiger partial charge in [0.25, 0.3) is 0 Å². The summed E-state index contributed by atoms with van der Waals surface area (Å²) in [5.74, 6) is 0. The number of nitriles is 1. The minimum absolute atomic E-state index is 0.198. The van der Waals surface area contributed by atoms with Crippen molar-refractivity contribution >= 4 is 0 Å². The van der Waals surface area contributed by atoms with Gasteiger partial charge in [-0.1, -0.05) is 6.07 Å². The van der Waals surface area contributed by atoms with Crippen LogP contribution in [0, 0.1) is 11.3 Å². The summed E-state index contributed by atoms with van der Waals surface area (Å²) in [6, 6.07) is 8.31. The third-order valence-corrected chi connectivity index (χ3v) is 2.77. The topological polar surface area (TPSA) is 52.0 Å². The number of pyridine rings is 1. The molecular formula is C11H14N4. The highest BCUT2D eigenvalue weighted by Gasteiger charge is 2.32. The highest BCUT2D eigenvalue weighted by molar-refractivity contribution is 5.17. The average Bonchev–Trinajstić information content (AvgIpc) is 2.24. The molecule has 78 valence electrons. The Kier molecular flexibility index (Phi) is 2.95. The molecule has 1 aromatic heterocycles. The van der Waals surface area contributed by atoms with E-state index in [1.54, 1.807) is 6.20 Å². The Hall–Kier alpha value is -1.44. The Morgan fingerprint density at radius 3 is 2.93 bits per heavy atom. The first-order valence-electron chi connectivity index (χ1n) is 5.07. The fourth-order valence-corrected chi connectivity index (χ4v) is 1.78. The lowest BCUT2D eigenvalue weighted by atomic mass is 10.0. The molecule has 0 spiro atoms. The smallest absolute Gasteiger partial charge is 0.141 e. The van der Waals surface area contributed by atoms with Crippen LogP contribution in [-0.4, -0.2) is 36.1 Å². The highest BCUT2D eigenvalue weighted by Crippen LogP contribution is 2.23. The molecule has 0 amide bonds. The van der Waals surface area contributed by atoms with Crippen LogP contribution in [0.25, 0.3) is 0 Å². The van der Waals surface area contributed by atoms with Crippen LogP contribution in [0.2, 0.25) is 0 Å². The van der Waals surface area contributed by atoms with E-state index in [9.17, 15) is 0 Å². The zero-order valence-electron chi connectivity index (χ0n) is 8.72. The summed E-state index contributed by atoms with van der Waals surface area (Å²) in [4.78, 5) is 6.35. The molecule has 1 aromatic rings. The Labute approximate surface area is 89.5 Å². The molecule has 1 atom stereocenters. The summed E-state index contributed by atoms with van der Waals surface area (Å²) in [6.45, 7) is 1.84. The lowest BCUT2D eigenvalue weighted by molar-refractivity contribution is 0.103. The van der Waals surface area contributed by atoms with Crippen LogP contribution in [0.4, 0.5) is 0 Å². The van der Waals surface area contributed by atoms with E-state index in [0.29, 0.717) is 6.04 Å². The van der Waals surface area contributed by atoms with E-state index in [1.165, 1.54) is 0 Å². The van der Waals surface area contributed by atoms with Crippen LogP contribution in [0.5, 0.6) is 0 Å². The summed E-state index contributed by atoms with van der Waals surface area (Å²) in [5.41, 5.74) is 0.842. The minimum Gasteiger partial charge on any atom is -0.315 e. The van der Waals surface area contributed by atoms with Gasteiger partial charge in [0.2, 0.25) is 0 Å². The van der Waals surface area contributed by atoms with Crippen molar-refractivity contribution in [2.75, 3.05) is 20.1 Å². The molecule has 0 aliphatic carbocycles. The van der Waals surface area contributed by atoms with E-state index < -0.39 is 0 Å². The van der Waals surface area contributed by atoms with Crippen molar-refractivity contribution in [1.82, 2.24) is 15.2 Å². The van der Waals surface area contributed by atoms with Gasteiger partial charge in [0.1, 0.15) is 6.04 Å². The lowest BCUT2D eigenvalue weighted by Crippen LogP contribution is -2.57. The molecule has 1 N–H and O–H groups in total. The molecule has 15 heavy (non-hydrogen) atoms. The van der Waals surface area contributed by atoms with Crippen LogP contribution in [0.1, 0.15) is 11.7 Å². The molecule has 2 rings (SSSR count). The van der Waals surface area contributed by atoms with E-state index in [0.717, 1.165) is 18.8 Å². The van der Waals surface area contributed by atoms with Gasteiger partial charge in [0, 0.05) is 25.3 Å². The van der Waals surface area contributed by atoms with Crippen LogP contribution in [0.3, 0.4) is 0 Å². The summed E-state index contributed by atoms with van der Waals surface area (Å²) < 4.78 is 0. The molecule has 2 heterocycles. The van der Waals surface area contributed by atoms with Crippen LogP contribution in [0.15, 0.2) is 24.4 Å². The first-order valence-corrected chi connectivity index (χ1v) is 5.07. The second-order valence-electron chi connectivity index (χ2n) is 3.73. The Bertz CT molecular complexity index is 351. The molecule has 1 saturated heterocycles. The summed E-state index contributed by atoms with van der Waals surface area (Å²) >= 11 is 0. The first-order chi connectivity index (χ1) is 7.35. The van der Waals surface area contributed by atoms with Crippen molar-refractivity contribution in [1.29, 1.82) is 5.26 Å². The zero-order chi connectivity index (χ0) is 10.7. The monoisotopic (exact) mass is 202 g/mol. The van der Waals surface area contributed by atoms with Crippen LogP contribution >= 0.6 is 0 Å². The second kappa shape index (κ2) is 4.39. The quantitative estimate of drug-likeness (QED) is 0.777. The summed E-state index contributed by atoms with van der Waals surface area (Å²) in [5, 5.41) is 12.3. The van der Waals surface area contributed by atoms with Gasteiger partial charge in [-0.15, -0.1) is 0 Å². The van der Waals surface area contributed by atoms with Gasteiger partial charge in [-0.05, 0) is 19.2 Å². The van der Waals surface area contributed by atoms with Crippen molar-refractivity contribution in [2.45, 2.75) is 12.1 Å². The van der Waals surface area contributed by atoms with Crippen molar-refractivity contribution in [3.05, 3.63) is 30.1 Å². The van der Waals surface area contributed by atoms with Gasteiger partial charge >= 0.3 is 0 Å². The Morgan fingerprint density at radius 1 is 1.60 bits per heavy atom. The Balaban J connectivity index is 2.04. The van der Waals surface area contributed by atoms with E-state index in [-0.39, 0.29) is 6.04 Å². The molecule has 1 fully saturated rings. The van der Waals surface area contributed by atoms with Crippen LogP contribution in [-0.2, 0) is 0 Å². The van der Waals surface area contributed by atoms with Crippen molar-refractivity contribution in [2.24, 2.45) is 0 Å². The van der Waals surface area contributed by atoms with E-state index in [4.69, 9.17) is 5.26 Å². The molecule has 1 aliphatic heterocycles. The van der Waals surface area contributed by atoms with Gasteiger partial charge in [-0.2, -0.15) is 5.26 Å². The second-order valence-corrected chi connectivity index (χ2v) is 3.73. The van der Waals surface area contributed by atoms with E-state index >= 15 is 0 Å². The number of aromatic nitrogens is 1. The maximum Gasteiger partial charge on any atom is 0.141 e. The fraction of sp³-hybridized carbons (Fsp3) is 0.455. The van der Waals surface area contributed by atoms with Crippen molar-refractivity contribution in [3.8, 4) is 6.07 Å². The van der Waals surface area contributed by atoms with Gasteiger partial charge in [-0.25, -0.2) is 0 Å². The zero-order valence-corrected chi connectivity index (χ0v) is 8.72. The average molecular weight is 202 g/mol. The molecule has 0 radical (unpaired) electrons. The number of rotatable bonds is 3. The molecular weight excluding hydrogens is 188 g/mol. The third-order valence-electron chi connectivity index (χ3n) is 2.77. The van der Waals surface area contributed by atoms with Gasteiger partial charge in [0.05, 0.1) is 11.8 Å². The van der Waals surface area contributed by atoms with Crippen LogP contribution < -0.4 is 5.32 Å². The maximum atomic E-state index is 9.12. The number of hydrogen-bond acceptors (Lipinski definition) is 4.